The molecule has 0 radical (unpaired) electrons. The first-order chi connectivity index (χ1) is 10.2. The number of amides is 2. The van der Waals surface area contributed by atoms with Crippen LogP contribution in [0.5, 0.6) is 0 Å². The van der Waals surface area contributed by atoms with Crippen LogP contribution in [0.3, 0.4) is 0 Å². The van der Waals surface area contributed by atoms with Gasteiger partial charge in [0.05, 0.1) is 0 Å². The van der Waals surface area contributed by atoms with Gasteiger partial charge in [0, 0.05) is 43.2 Å². The standard InChI is InChI=1S/C15H22N4O2/c1-2-3-4-13(20)19-8-7-12-11(9-19)14(18-17-12)15(21)16-10-5-6-10/h10H,2-9H2,1H3,(H,16,21)(H,17,18). The maximum atomic E-state index is 12.2. The third-order valence-corrected chi connectivity index (χ3v) is 4.16. The Morgan fingerprint density at radius 2 is 2.24 bits per heavy atom. The molecule has 1 fully saturated rings. The molecule has 6 nitrogen and oxygen atoms in total. The van der Waals surface area contributed by atoms with Crippen LogP contribution in [0.4, 0.5) is 0 Å². The first-order valence-electron chi connectivity index (χ1n) is 7.83. The van der Waals surface area contributed by atoms with Gasteiger partial charge in [0.2, 0.25) is 5.91 Å². The van der Waals surface area contributed by atoms with Gasteiger partial charge < -0.3 is 10.2 Å². The lowest BCUT2D eigenvalue weighted by atomic mass is 10.0. The molecule has 0 aromatic carbocycles. The molecule has 1 aliphatic heterocycles. The molecule has 3 rings (SSSR count). The Labute approximate surface area is 124 Å². The minimum absolute atomic E-state index is 0.113. The molecule has 0 unspecified atom stereocenters. The number of carbonyl (C=O) groups excluding carboxylic acids is 2. The zero-order chi connectivity index (χ0) is 14.8. The average molecular weight is 290 g/mol. The quantitative estimate of drug-likeness (QED) is 0.860. The second-order valence-corrected chi connectivity index (χ2v) is 5.95. The van der Waals surface area contributed by atoms with Crippen LogP contribution in [-0.2, 0) is 17.8 Å². The lowest BCUT2D eigenvalue weighted by Gasteiger charge is -2.27. The summed E-state index contributed by atoms with van der Waals surface area (Å²) in [4.78, 5) is 26.2. The Hall–Kier alpha value is -1.85. The van der Waals surface area contributed by atoms with Crippen molar-refractivity contribution in [1.82, 2.24) is 20.4 Å². The summed E-state index contributed by atoms with van der Waals surface area (Å²) in [7, 11) is 0. The van der Waals surface area contributed by atoms with Gasteiger partial charge >= 0.3 is 0 Å². The van der Waals surface area contributed by atoms with E-state index in [4.69, 9.17) is 0 Å². The summed E-state index contributed by atoms with van der Waals surface area (Å²) in [5, 5.41) is 10.1. The van der Waals surface area contributed by atoms with Gasteiger partial charge in [-0.2, -0.15) is 5.10 Å². The lowest BCUT2D eigenvalue weighted by molar-refractivity contribution is -0.132. The van der Waals surface area contributed by atoms with Crippen molar-refractivity contribution < 1.29 is 9.59 Å². The van der Waals surface area contributed by atoms with Gasteiger partial charge in [0.1, 0.15) is 0 Å². The number of carbonyl (C=O) groups is 2. The summed E-state index contributed by atoms with van der Waals surface area (Å²) in [5.74, 6) is 0.0649. The molecule has 2 heterocycles. The molecule has 114 valence electrons. The van der Waals surface area contributed by atoms with Gasteiger partial charge in [0.25, 0.3) is 5.91 Å². The van der Waals surface area contributed by atoms with Crippen LogP contribution in [0.1, 0.15) is 60.8 Å². The molecule has 2 N–H and O–H groups in total. The highest BCUT2D eigenvalue weighted by molar-refractivity contribution is 5.94. The fraction of sp³-hybridized carbons (Fsp3) is 0.667. The summed E-state index contributed by atoms with van der Waals surface area (Å²) in [5.41, 5.74) is 2.35. The van der Waals surface area contributed by atoms with Crippen LogP contribution in [-0.4, -0.2) is 39.5 Å². The summed E-state index contributed by atoms with van der Waals surface area (Å²) in [6.07, 6.45) is 5.39. The van der Waals surface area contributed by atoms with E-state index in [-0.39, 0.29) is 11.8 Å². The largest absolute Gasteiger partial charge is 0.348 e. The highest BCUT2D eigenvalue weighted by atomic mass is 16.2. The van der Waals surface area contributed by atoms with Crippen molar-refractivity contribution in [3.63, 3.8) is 0 Å². The summed E-state index contributed by atoms with van der Waals surface area (Å²) >= 11 is 0. The van der Waals surface area contributed by atoms with Crippen LogP contribution in [0.15, 0.2) is 0 Å². The number of nitrogens with zero attached hydrogens (tertiary/aromatic N) is 2. The van der Waals surface area contributed by atoms with Gasteiger partial charge in [-0.25, -0.2) is 0 Å². The molecule has 1 aliphatic carbocycles. The van der Waals surface area contributed by atoms with Crippen LogP contribution in [0.25, 0.3) is 0 Å². The first-order valence-corrected chi connectivity index (χ1v) is 7.83. The van der Waals surface area contributed by atoms with Crippen molar-refractivity contribution >= 4 is 11.8 Å². The fourth-order valence-electron chi connectivity index (χ4n) is 2.66. The van der Waals surface area contributed by atoms with Crippen molar-refractivity contribution in [2.75, 3.05) is 6.54 Å². The molecule has 2 aliphatic rings. The van der Waals surface area contributed by atoms with Crippen molar-refractivity contribution in [2.45, 2.75) is 58.0 Å². The zero-order valence-electron chi connectivity index (χ0n) is 12.4. The van der Waals surface area contributed by atoms with Crippen LogP contribution < -0.4 is 5.32 Å². The molecule has 0 atom stereocenters. The summed E-state index contributed by atoms with van der Waals surface area (Å²) in [6, 6.07) is 0.315. The monoisotopic (exact) mass is 290 g/mol. The number of aromatic amines is 1. The van der Waals surface area contributed by atoms with Crippen LogP contribution in [0.2, 0.25) is 0 Å². The van der Waals surface area contributed by atoms with E-state index in [0.717, 1.165) is 43.4 Å². The average Bonchev–Trinajstić information content (AvgIpc) is 3.19. The highest BCUT2D eigenvalue weighted by Crippen LogP contribution is 2.23. The number of aromatic nitrogens is 2. The van der Waals surface area contributed by atoms with Gasteiger partial charge in [-0.1, -0.05) is 13.3 Å². The van der Waals surface area contributed by atoms with Crippen molar-refractivity contribution in [3.05, 3.63) is 17.0 Å². The Morgan fingerprint density at radius 3 is 2.95 bits per heavy atom. The molecular formula is C15H22N4O2. The molecule has 1 aromatic heterocycles. The number of hydrogen-bond donors (Lipinski definition) is 2. The van der Waals surface area contributed by atoms with E-state index in [1.165, 1.54) is 0 Å². The van der Waals surface area contributed by atoms with E-state index in [9.17, 15) is 9.59 Å². The molecule has 0 saturated heterocycles. The van der Waals surface area contributed by atoms with Crippen LogP contribution in [0, 0.1) is 0 Å². The molecule has 2 amide bonds. The van der Waals surface area contributed by atoms with Gasteiger partial charge in [-0.3, -0.25) is 14.7 Å². The van der Waals surface area contributed by atoms with Gasteiger partial charge in [-0.05, 0) is 19.3 Å². The lowest BCUT2D eigenvalue weighted by Crippen LogP contribution is -2.37. The molecule has 6 heteroatoms. The SMILES string of the molecule is CCCCC(=O)N1CCc2[nH]nc(C(=O)NC3CC3)c2C1. The Morgan fingerprint density at radius 1 is 1.43 bits per heavy atom. The van der Waals surface area contributed by atoms with Gasteiger partial charge in [0.15, 0.2) is 5.69 Å². The second kappa shape index (κ2) is 5.87. The molecule has 0 spiro atoms. The van der Waals surface area contributed by atoms with E-state index < -0.39 is 0 Å². The fourth-order valence-corrected chi connectivity index (χ4v) is 2.66. The number of H-pyrrole nitrogens is 1. The van der Waals surface area contributed by atoms with Crippen molar-refractivity contribution in [3.8, 4) is 0 Å². The number of rotatable bonds is 5. The minimum atomic E-state index is -0.113. The number of hydrogen-bond acceptors (Lipinski definition) is 3. The Balaban J connectivity index is 1.69. The second-order valence-electron chi connectivity index (χ2n) is 5.95. The highest BCUT2D eigenvalue weighted by Gasteiger charge is 2.30. The predicted octanol–water partition coefficient (Wildman–Crippen LogP) is 1.38. The van der Waals surface area contributed by atoms with E-state index in [2.05, 4.69) is 22.4 Å². The summed E-state index contributed by atoms with van der Waals surface area (Å²) in [6.45, 7) is 3.29. The number of fused-ring (bicyclic) bond motifs is 1. The van der Waals surface area contributed by atoms with E-state index in [1.807, 2.05) is 4.90 Å². The number of unbranched alkanes of at least 4 members (excludes halogenated alkanes) is 1. The topological polar surface area (TPSA) is 78.1 Å². The van der Waals surface area contributed by atoms with Crippen LogP contribution >= 0.6 is 0 Å². The third kappa shape index (κ3) is 3.09. The maximum absolute atomic E-state index is 12.2. The zero-order valence-corrected chi connectivity index (χ0v) is 12.4. The van der Waals surface area contributed by atoms with E-state index in [0.29, 0.717) is 31.2 Å². The normalized spacial score (nSPS) is 17.5. The minimum Gasteiger partial charge on any atom is -0.348 e. The van der Waals surface area contributed by atoms with Gasteiger partial charge in [-0.15, -0.1) is 0 Å². The summed E-state index contributed by atoms with van der Waals surface area (Å²) < 4.78 is 0. The molecule has 21 heavy (non-hydrogen) atoms. The van der Waals surface area contributed by atoms with E-state index >= 15 is 0 Å². The van der Waals surface area contributed by atoms with Crippen molar-refractivity contribution in [1.29, 1.82) is 0 Å². The smallest absolute Gasteiger partial charge is 0.272 e. The third-order valence-electron chi connectivity index (χ3n) is 4.16. The molecule has 1 aromatic rings. The molecular weight excluding hydrogens is 268 g/mol. The first kappa shape index (κ1) is 14.1. The molecule has 1 saturated carbocycles. The number of nitrogens with one attached hydrogen (secondary N) is 2. The Kier molecular flexibility index (Phi) is 3.94. The Bertz CT molecular complexity index is 548. The van der Waals surface area contributed by atoms with Crippen molar-refractivity contribution in [2.24, 2.45) is 0 Å². The molecule has 0 bridgehead atoms. The van der Waals surface area contributed by atoms with E-state index in [1.54, 1.807) is 0 Å². The maximum Gasteiger partial charge on any atom is 0.272 e. The predicted molar refractivity (Wildman–Crippen MR) is 77.7 cm³/mol.